The van der Waals surface area contributed by atoms with Gasteiger partial charge in [-0.25, -0.2) is 0 Å². The zero-order chi connectivity index (χ0) is 9.11. The second-order valence-corrected chi connectivity index (χ2v) is 3.45. The Morgan fingerprint density at radius 1 is 1.45 bits per heavy atom. The number of hydrogen-bond acceptors (Lipinski definition) is 3. The van der Waals surface area contributed by atoms with Gasteiger partial charge in [-0.3, -0.25) is 9.09 Å². The molecule has 0 aliphatic rings. The summed E-state index contributed by atoms with van der Waals surface area (Å²) in [7, 11) is -2.67. The van der Waals surface area contributed by atoms with Gasteiger partial charge in [0.2, 0.25) is 0 Å². The number of rotatable bonds is 4. The largest absolute Gasteiger partial charge is 0.326 e. The summed E-state index contributed by atoms with van der Waals surface area (Å²) in [5.41, 5.74) is 0. The van der Waals surface area contributed by atoms with Crippen LogP contribution in [0.15, 0.2) is 0 Å². The van der Waals surface area contributed by atoms with Gasteiger partial charge in [-0.2, -0.15) is 0 Å². The molecular formula is C6H17O3PS. The van der Waals surface area contributed by atoms with Crippen molar-refractivity contribution >= 4 is 20.0 Å². The van der Waals surface area contributed by atoms with Crippen LogP contribution in [0.2, 0.25) is 0 Å². The molecule has 0 bridgehead atoms. The monoisotopic (exact) mass is 200 g/mol. The molecule has 1 N–H and O–H groups in total. The molecule has 1 unspecified atom stereocenters. The van der Waals surface area contributed by atoms with E-state index in [-0.39, 0.29) is 0 Å². The van der Waals surface area contributed by atoms with Gasteiger partial charge in [-0.1, -0.05) is 26.7 Å². The number of unbranched alkanes of at least 4 members (excludes halogenated alkanes) is 1. The van der Waals surface area contributed by atoms with Crippen molar-refractivity contribution in [2.24, 2.45) is 0 Å². The normalized spacial score (nSPS) is 11.6. The lowest BCUT2D eigenvalue weighted by Gasteiger charge is -1.91. The molecule has 3 nitrogen and oxygen atoms in total. The molecule has 0 saturated heterocycles. The molecule has 0 amide bonds. The predicted molar refractivity (Wildman–Crippen MR) is 51.3 cm³/mol. The van der Waals surface area contributed by atoms with Gasteiger partial charge in [0.15, 0.2) is 0 Å². The van der Waals surface area contributed by atoms with Gasteiger partial charge in [0.05, 0.1) is 0 Å². The standard InChI is InChI=1S/C4H10.C2H7O3PS/c1-3-4-2;1-7-2-5-6(3)4/h3-4H2,1-2H3;6H,2H2,1H3,(H,3,4). The summed E-state index contributed by atoms with van der Waals surface area (Å²) in [5, 5.41) is 0. The fourth-order valence-electron chi connectivity index (χ4n) is 0.109. The summed E-state index contributed by atoms with van der Waals surface area (Å²) in [5.74, 6) is 0.300. The van der Waals surface area contributed by atoms with E-state index in [1.165, 1.54) is 24.6 Å². The Hall–Kier alpha value is 0.500. The van der Waals surface area contributed by atoms with Gasteiger partial charge in [-0.15, -0.1) is 11.8 Å². The Balaban J connectivity index is 0. The third-order valence-corrected chi connectivity index (χ3v) is 1.75. The average Bonchev–Trinajstić information content (AvgIpc) is 2.01. The van der Waals surface area contributed by atoms with Crippen molar-refractivity contribution in [1.82, 2.24) is 0 Å². The van der Waals surface area contributed by atoms with Crippen molar-refractivity contribution in [2.45, 2.75) is 26.7 Å². The van der Waals surface area contributed by atoms with Crippen molar-refractivity contribution in [2.75, 3.05) is 12.2 Å². The molecule has 0 fully saturated rings. The SMILES string of the molecule is CCCC.CSCO[PH](=O)O. The van der Waals surface area contributed by atoms with E-state index in [4.69, 9.17) is 4.89 Å². The fraction of sp³-hybridized carbons (Fsp3) is 1.00. The lowest BCUT2D eigenvalue weighted by molar-refractivity contribution is 0.331. The Morgan fingerprint density at radius 2 is 1.91 bits per heavy atom. The molecule has 1 atom stereocenters. The maximum atomic E-state index is 9.71. The quantitative estimate of drug-likeness (QED) is 0.559. The molecule has 0 aliphatic heterocycles. The van der Waals surface area contributed by atoms with E-state index >= 15 is 0 Å². The minimum absolute atomic E-state index is 0.300. The first-order chi connectivity index (χ1) is 5.18. The first-order valence-electron chi connectivity index (χ1n) is 3.53. The Labute approximate surface area is 73.5 Å². The van der Waals surface area contributed by atoms with Crippen LogP contribution in [0.3, 0.4) is 0 Å². The summed E-state index contributed by atoms with van der Waals surface area (Å²) in [4.78, 5) is 7.99. The Bertz CT molecular complexity index is 87.9. The molecule has 70 valence electrons. The zero-order valence-corrected chi connectivity index (χ0v) is 9.11. The van der Waals surface area contributed by atoms with Crippen LogP contribution >= 0.6 is 20.0 Å². The predicted octanol–water partition coefficient (Wildman–Crippen LogP) is 2.51. The van der Waals surface area contributed by atoms with Crippen molar-refractivity contribution in [1.29, 1.82) is 0 Å². The van der Waals surface area contributed by atoms with Gasteiger partial charge in [0, 0.05) is 0 Å². The third-order valence-electron chi connectivity index (χ3n) is 0.800. The van der Waals surface area contributed by atoms with Crippen LogP contribution in [-0.4, -0.2) is 17.1 Å². The lowest BCUT2D eigenvalue weighted by atomic mass is 10.4. The molecule has 0 spiro atoms. The number of hydrogen-bond donors (Lipinski definition) is 1. The highest BCUT2D eigenvalue weighted by Gasteiger charge is 1.85. The molecular weight excluding hydrogens is 183 g/mol. The molecule has 0 heterocycles. The van der Waals surface area contributed by atoms with Crippen LogP contribution < -0.4 is 0 Å². The highest BCUT2D eigenvalue weighted by Crippen LogP contribution is 2.15. The highest BCUT2D eigenvalue weighted by atomic mass is 32.2. The second kappa shape index (κ2) is 13.1. The first kappa shape index (κ1) is 14.0. The summed E-state index contributed by atoms with van der Waals surface area (Å²) >= 11 is 1.37. The maximum absolute atomic E-state index is 9.71. The molecule has 0 saturated carbocycles. The first-order valence-corrected chi connectivity index (χ1v) is 6.19. The van der Waals surface area contributed by atoms with Crippen molar-refractivity contribution < 1.29 is 14.0 Å². The van der Waals surface area contributed by atoms with E-state index in [1.54, 1.807) is 6.26 Å². The van der Waals surface area contributed by atoms with E-state index in [0.717, 1.165) is 0 Å². The Kier molecular flexibility index (Phi) is 16.8. The topological polar surface area (TPSA) is 46.5 Å². The third kappa shape index (κ3) is 25.1. The molecule has 0 aromatic heterocycles. The minimum atomic E-state index is -2.67. The van der Waals surface area contributed by atoms with Gasteiger partial charge in [0.1, 0.15) is 5.94 Å². The lowest BCUT2D eigenvalue weighted by Crippen LogP contribution is -1.74. The van der Waals surface area contributed by atoms with Gasteiger partial charge in [-0.05, 0) is 6.26 Å². The average molecular weight is 200 g/mol. The highest BCUT2D eigenvalue weighted by molar-refractivity contribution is 7.98. The van der Waals surface area contributed by atoms with Crippen molar-refractivity contribution in [3.8, 4) is 0 Å². The summed E-state index contributed by atoms with van der Waals surface area (Å²) in [6.45, 7) is 4.36. The molecule has 11 heavy (non-hydrogen) atoms. The van der Waals surface area contributed by atoms with E-state index in [9.17, 15) is 4.57 Å². The van der Waals surface area contributed by atoms with Crippen LogP contribution in [-0.2, 0) is 9.09 Å². The molecule has 5 heteroatoms. The van der Waals surface area contributed by atoms with E-state index in [2.05, 4.69) is 18.4 Å². The molecule has 0 aliphatic carbocycles. The van der Waals surface area contributed by atoms with Crippen LogP contribution in [0.5, 0.6) is 0 Å². The fourth-order valence-corrected chi connectivity index (χ4v) is 0.984. The minimum Gasteiger partial charge on any atom is -0.326 e. The van der Waals surface area contributed by atoms with Crippen LogP contribution in [0.1, 0.15) is 26.7 Å². The van der Waals surface area contributed by atoms with E-state index in [0.29, 0.717) is 5.94 Å². The van der Waals surface area contributed by atoms with Gasteiger partial charge >= 0.3 is 8.25 Å². The van der Waals surface area contributed by atoms with E-state index in [1.807, 2.05) is 0 Å². The van der Waals surface area contributed by atoms with Crippen LogP contribution in [0.25, 0.3) is 0 Å². The van der Waals surface area contributed by atoms with Crippen molar-refractivity contribution in [3.63, 3.8) is 0 Å². The Morgan fingerprint density at radius 3 is 2.00 bits per heavy atom. The van der Waals surface area contributed by atoms with Crippen molar-refractivity contribution in [3.05, 3.63) is 0 Å². The van der Waals surface area contributed by atoms with Crippen LogP contribution in [0.4, 0.5) is 0 Å². The summed E-state index contributed by atoms with van der Waals surface area (Å²) < 4.78 is 14.0. The second-order valence-electron chi connectivity index (χ2n) is 1.82. The van der Waals surface area contributed by atoms with Gasteiger partial charge in [0.25, 0.3) is 0 Å². The zero-order valence-electron chi connectivity index (χ0n) is 7.29. The molecule has 0 rings (SSSR count). The summed E-state index contributed by atoms with van der Waals surface area (Å²) in [6.07, 6.45) is 4.44. The maximum Gasteiger partial charge on any atom is 0.317 e. The van der Waals surface area contributed by atoms with Crippen LogP contribution in [0, 0.1) is 0 Å². The van der Waals surface area contributed by atoms with E-state index < -0.39 is 8.25 Å². The molecule has 0 radical (unpaired) electrons. The molecule has 0 aromatic rings. The van der Waals surface area contributed by atoms with Gasteiger partial charge < -0.3 is 4.89 Å². The smallest absolute Gasteiger partial charge is 0.317 e. The number of thioether (sulfide) groups is 1. The summed E-state index contributed by atoms with van der Waals surface area (Å²) in [6, 6.07) is 0. The molecule has 0 aromatic carbocycles.